The zero-order chi connectivity index (χ0) is 11.1. The van der Waals surface area contributed by atoms with Crippen LogP contribution < -0.4 is 0 Å². The molecule has 15 heavy (non-hydrogen) atoms. The fourth-order valence-corrected chi connectivity index (χ4v) is 2.23. The van der Waals surface area contributed by atoms with Crippen LogP contribution in [0.5, 0.6) is 0 Å². The van der Waals surface area contributed by atoms with Crippen molar-refractivity contribution in [3.63, 3.8) is 0 Å². The van der Waals surface area contributed by atoms with Crippen molar-refractivity contribution in [1.82, 2.24) is 0 Å². The molecule has 0 heterocycles. The zero-order valence-corrected chi connectivity index (χ0v) is 9.72. The van der Waals surface area contributed by atoms with Gasteiger partial charge >= 0.3 is 5.97 Å². The van der Waals surface area contributed by atoms with Gasteiger partial charge in [-0.05, 0) is 32.6 Å². The molecule has 0 atom stereocenters. The first kappa shape index (κ1) is 12.3. The van der Waals surface area contributed by atoms with Crippen molar-refractivity contribution in [2.45, 2.75) is 64.7 Å². The van der Waals surface area contributed by atoms with E-state index in [0.29, 0.717) is 5.57 Å². The number of aliphatic carboxylic acids is 1. The van der Waals surface area contributed by atoms with Crippen LogP contribution in [0.2, 0.25) is 0 Å². The molecule has 0 unspecified atom stereocenters. The molecule has 0 bridgehead atoms. The van der Waals surface area contributed by atoms with Crippen LogP contribution in [0, 0.1) is 0 Å². The highest BCUT2D eigenvalue weighted by Gasteiger charge is 2.11. The molecule has 0 amide bonds. The first-order valence-corrected chi connectivity index (χ1v) is 6.13. The average Bonchev–Trinajstić information content (AvgIpc) is 2.23. The quantitative estimate of drug-likeness (QED) is 0.712. The maximum absolute atomic E-state index is 11.1. The highest BCUT2D eigenvalue weighted by molar-refractivity contribution is 5.87. The number of rotatable bonds is 1. The fraction of sp³-hybridized carbons (Fsp3) is 0.769. The maximum atomic E-state index is 11.1. The third-order valence-electron chi connectivity index (χ3n) is 3.25. The van der Waals surface area contributed by atoms with Crippen LogP contribution >= 0.6 is 0 Å². The number of allylic oxidation sites excluding steroid dienone is 1. The summed E-state index contributed by atoms with van der Waals surface area (Å²) < 4.78 is 0. The van der Waals surface area contributed by atoms with Gasteiger partial charge in [-0.3, -0.25) is 0 Å². The minimum Gasteiger partial charge on any atom is -0.478 e. The molecule has 0 aliphatic heterocycles. The van der Waals surface area contributed by atoms with Crippen LogP contribution in [0.3, 0.4) is 0 Å². The van der Waals surface area contributed by atoms with E-state index in [0.717, 1.165) is 31.3 Å². The Morgan fingerprint density at radius 2 is 1.40 bits per heavy atom. The first-order chi connectivity index (χ1) is 7.22. The number of carboxylic acid groups (broad SMARTS) is 1. The van der Waals surface area contributed by atoms with Gasteiger partial charge in [-0.2, -0.15) is 0 Å². The van der Waals surface area contributed by atoms with Crippen molar-refractivity contribution in [3.8, 4) is 0 Å². The smallest absolute Gasteiger partial charge is 0.331 e. The number of carbonyl (C=O) groups is 1. The second kappa shape index (κ2) is 6.65. The second-order valence-corrected chi connectivity index (χ2v) is 4.54. The van der Waals surface area contributed by atoms with E-state index < -0.39 is 5.97 Å². The Balaban J connectivity index is 2.62. The minimum absolute atomic E-state index is 0.678. The first-order valence-electron chi connectivity index (χ1n) is 6.13. The molecule has 0 radical (unpaired) electrons. The van der Waals surface area contributed by atoms with Crippen LogP contribution in [-0.2, 0) is 4.79 Å². The Bertz CT molecular complexity index is 241. The highest BCUT2D eigenvalue weighted by atomic mass is 16.4. The van der Waals surface area contributed by atoms with E-state index in [1.807, 2.05) is 6.92 Å². The molecule has 2 heteroatoms. The van der Waals surface area contributed by atoms with Crippen molar-refractivity contribution in [2.75, 3.05) is 0 Å². The summed E-state index contributed by atoms with van der Waals surface area (Å²) in [7, 11) is 0. The SMILES string of the molecule is C/C1=C(\C(=O)O)CCCCCCCCC1. The maximum Gasteiger partial charge on any atom is 0.331 e. The predicted octanol–water partition coefficient (Wildman–Crippen LogP) is 3.91. The zero-order valence-electron chi connectivity index (χ0n) is 9.72. The van der Waals surface area contributed by atoms with Gasteiger partial charge in [0.25, 0.3) is 0 Å². The summed E-state index contributed by atoms with van der Waals surface area (Å²) in [4.78, 5) is 11.1. The normalized spacial score (nSPS) is 25.7. The van der Waals surface area contributed by atoms with Crippen molar-refractivity contribution < 1.29 is 9.90 Å². The van der Waals surface area contributed by atoms with Crippen LogP contribution in [-0.4, -0.2) is 11.1 Å². The molecule has 1 rings (SSSR count). The lowest BCUT2D eigenvalue weighted by Crippen LogP contribution is -2.03. The van der Waals surface area contributed by atoms with Gasteiger partial charge in [-0.1, -0.05) is 37.7 Å². The van der Waals surface area contributed by atoms with Crippen LogP contribution in [0.25, 0.3) is 0 Å². The van der Waals surface area contributed by atoms with E-state index in [2.05, 4.69) is 0 Å². The second-order valence-electron chi connectivity index (χ2n) is 4.54. The van der Waals surface area contributed by atoms with Crippen molar-refractivity contribution in [3.05, 3.63) is 11.1 Å². The molecule has 0 spiro atoms. The van der Waals surface area contributed by atoms with Gasteiger partial charge in [0, 0.05) is 5.57 Å². The Kier molecular flexibility index (Phi) is 5.44. The van der Waals surface area contributed by atoms with Gasteiger partial charge in [-0.15, -0.1) is 0 Å². The molecular weight excluding hydrogens is 188 g/mol. The van der Waals surface area contributed by atoms with E-state index in [-0.39, 0.29) is 0 Å². The van der Waals surface area contributed by atoms with E-state index >= 15 is 0 Å². The van der Waals surface area contributed by atoms with Gasteiger partial charge in [0.2, 0.25) is 0 Å². The lowest BCUT2D eigenvalue weighted by molar-refractivity contribution is -0.132. The third kappa shape index (κ3) is 4.50. The topological polar surface area (TPSA) is 37.3 Å². The molecule has 86 valence electrons. The third-order valence-corrected chi connectivity index (χ3v) is 3.25. The summed E-state index contributed by atoms with van der Waals surface area (Å²) in [6.07, 6.45) is 10.3. The summed E-state index contributed by atoms with van der Waals surface area (Å²) in [6, 6.07) is 0. The van der Waals surface area contributed by atoms with Crippen LogP contribution in [0.1, 0.15) is 64.7 Å². The van der Waals surface area contributed by atoms with E-state index in [4.69, 9.17) is 5.11 Å². The van der Waals surface area contributed by atoms with Gasteiger partial charge in [0.1, 0.15) is 0 Å². The van der Waals surface area contributed by atoms with Crippen LogP contribution in [0.4, 0.5) is 0 Å². The average molecular weight is 210 g/mol. The predicted molar refractivity (Wildman–Crippen MR) is 61.9 cm³/mol. The molecule has 0 aromatic heterocycles. The molecule has 0 saturated carbocycles. The minimum atomic E-state index is -0.702. The molecule has 0 aromatic rings. The summed E-state index contributed by atoms with van der Waals surface area (Å²) >= 11 is 0. The molecule has 0 fully saturated rings. The summed E-state index contributed by atoms with van der Waals surface area (Å²) in [5, 5.41) is 9.10. The number of carboxylic acids is 1. The van der Waals surface area contributed by atoms with Crippen molar-refractivity contribution >= 4 is 5.97 Å². The monoisotopic (exact) mass is 210 g/mol. The molecule has 1 aliphatic carbocycles. The number of hydrogen-bond donors (Lipinski definition) is 1. The Hall–Kier alpha value is -0.790. The summed E-state index contributed by atoms with van der Waals surface area (Å²) in [5.41, 5.74) is 1.78. The van der Waals surface area contributed by atoms with Crippen molar-refractivity contribution in [1.29, 1.82) is 0 Å². The largest absolute Gasteiger partial charge is 0.478 e. The van der Waals surface area contributed by atoms with Crippen LogP contribution in [0.15, 0.2) is 11.1 Å². The molecule has 0 saturated heterocycles. The van der Waals surface area contributed by atoms with Gasteiger partial charge in [-0.25, -0.2) is 4.79 Å². The van der Waals surface area contributed by atoms with Gasteiger partial charge < -0.3 is 5.11 Å². The molecule has 2 nitrogen and oxygen atoms in total. The van der Waals surface area contributed by atoms with E-state index in [1.165, 1.54) is 32.1 Å². The molecule has 0 aromatic carbocycles. The molecule has 1 aliphatic rings. The Morgan fingerprint density at radius 1 is 0.933 bits per heavy atom. The molecular formula is C13H22O2. The number of hydrogen-bond acceptors (Lipinski definition) is 1. The Morgan fingerprint density at radius 3 is 1.93 bits per heavy atom. The van der Waals surface area contributed by atoms with E-state index in [1.54, 1.807) is 0 Å². The van der Waals surface area contributed by atoms with Gasteiger partial charge in [0.15, 0.2) is 0 Å². The highest BCUT2D eigenvalue weighted by Crippen LogP contribution is 2.21. The molecule has 1 N–H and O–H groups in total. The lowest BCUT2D eigenvalue weighted by Gasteiger charge is -2.07. The fourth-order valence-electron chi connectivity index (χ4n) is 2.23. The summed E-state index contributed by atoms with van der Waals surface area (Å²) in [6.45, 7) is 1.99. The van der Waals surface area contributed by atoms with E-state index in [9.17, 15) is 4.79 Å². The Labute approximate surface area is 92.4 Å². The summed E-state index contributed by atoms with van der Waals surface area (Å²) in [5.74, 6) is -0.702. The standard InChI is InChI=1S/C13H22O2/c1-11-9-7-5-3-2-4-6-8-10-12(11)13(14)15/h2-10H2,1H3,(H,14,15)/b12-11+. The van der Waals surface area contributed by atoms with Crippen molar-refractivity contribution in [2.24, 2.45) is 0 Å². The lowest BCUT2D eigenvalue weighted by atomic mass is 9.99. The van der Waals surface area contributed by atoms with Gasteiger partial charge in [0.05, 0.1) is 0 Å².